The van der Waals surface area contributed by atoms with Crippen LogP contribution in [0.2, 0.25) is 0 Å². The molecule has 1 aromatic heterocycles. The third kappa shape index (κ3) is 3.87. The van der Waals surface area contributed by atoms with E-state index in [-0.39, 0.29) is 17.1 Å². The Morgan fingerprint density at radius 3 is 2.37 bits per heavy atom. The third-order valence-corrected chi connectivity index (χ3v) is 3.86. The Morgan fingerprint density at radius 2 is 1.74 bits per heavy atom. The zero-order valence-corrected chi connectivity index (χ0v) is 14.6. The number of benzene rings is 2. The minimum atomic E-state index is -0.589. The van der Waals surface area contributed by atoms with Gasteiger partial charge < -0.3 is 14.8 Å². The second-order valence-corrected chi connectivity index (χ2v) is 5.49. The van der Waals surface area contributed by atoms with Crippen LogP contribution < -0.4 is 14.8 Å². The second-order valence-electron chi connectivity index (χ2n) is 5.49. The Balaban J connectivity index is 1.81. The summed E-state index contributed by atoms with van der Waals surface area (Å²) >= 11 is 0. The van der Waals surface area contributed by atoms with Crippen molar-refractivity contribution in [2.45, 2.75) is 0 Å². The number of aromatic amines is 1. The van der Waals surface area contributed by atoms with E-state index in [0.29, 0.717) is 17.2 Å². The van der Waals surface area contributed by atoms with Crippen LogP contribution in [0.25, 0.3) is 11.3 Å². The second kappa shape index (κ2) is 7.56. The number of ether oxygens (including phenoxy) is 2. The maximum atomic E-state index is 12.4. The molecule has 0 aliphatic carbocycles. The van der Waals surface area contributed by atoms with Gasteiger partial charge in [-0.3, -0.25) is 20.0 Å². The van der Waals surface area contributed by atoms with Crippen molar-refractivity contribution in [3.05, 3.63) is 64.3 Å². The highest BCUT2D eigenvalue weighted by Gasteiger charge is 2.19. The van der Waals surface area contributed by atoms with Crippen LogP contribution in [0.3, 0.4) is 0 Å². The van der Waals surface area contributed by atoms with Crippen molar-refractivity contribution in [1.82, 2.24) is 10.2 Å². The highest BCUT2D eigenvalue weighted by atomic mass is 16.6. The number of nitro benzene ring substituents is 1. The molecular formula is C18H16N4O5. The van der Waals surface area contributed by atoms with Crippen molar-refractivity contribution in [2.24, 2.45) is 0 Å². The standard InChI is InChI=1S/C18H16N4O5/c1-26-12-5-3-11(4-6-12)15-10-16(21-20-15)18(23)19-14-8-7-13(27-2)9-17(14)22(24)25/h3-10H,1-2H3,(H,19,23)(H,20,21). The van der Waals surface area contributed by atoms with Crippen molar-refractivity contribution in [3.8, 4) is 22.8 Å². The van der Waals surface area contributed by atoms with E-state index in [1.807, 2.05) is 12.1 Å². The van der Waals surface area contributed by atoms with E-state index < -0.39 is 10.8 Å². The van der Waals surface area contributed by atoms with Crippen LogP contribution in [0.1, 0.15) is 10.5 Å². The molecule has 0 atom stereocenters. The first-order valence-corrected chi connectivity index (χ1v) is 7.85. The summed E-state index contributed by atoms with van der Waals surface area (Å²) in [5, 5.41) is 20.5. The first-order valence-electron chi connectivity index (χ1n) is 7.85. The topological polar surface area (TPSA) is 119 Å². The Kier molecular flexibility index (Phi) is 5.02. The number of anilines is 1. The van der Waals surface area contributed by atoms with Gasteiger partial charge in [-0.1, -0.05) is 0 Å². The van der Waals surface area contributed by atoms with Gasteiger partial charge in [0.05, 0.1) is 30.9 Å². The zero-order valence-electron chi connectivity index (χ0n) is 14.6. The first-order chi connectivity index (χ1) is 13.0. The molecular weight excluding hydrogens is 352 g/mol. The number of rotatable bonds is 6. The summed E-state index contributed by atoms with van der Waals surface area (Å²) in [6, 6.07) is 12.9. The van der Waals surface area contributed by atoms with E-state index in [9.17, 15) is 14.9 Å². The number of H-pyrrole nitrogens is 1. The fraction of sp³-hybridized carbons (Fsp3) is 0.111. The lowest BCUT2D eigenvalue weighted by molar-refractivity contribution is -0.384. The molecule has 2 N–H and O–H groups in total. The number of hydrogen-bond acceptors (Lipinski definition) is 6. The molecule has 0 saturated heterocycles. The molecule has 3 rings (SSSR count). The van der Waals surface area contributed by atoms with Gasteiger partial charge in [-0.05, 0) is 42.5 Å². The molecule has 3 aromatic rings. The smallest absolute Gasteiger partial charge is 0.296 e. The number of carbonyl (C=O) groups is 1. The number of aromatic nitrogens is 2. The number of nitrogens with zero attached hydrogens (tertiary/aromatic N) is 2. The highest BCUT2D eigenvalue weighted by Crippen LogP contribution is 2.29. The molecule has 0 spiro atoms. The number of carbonyl (C=O) groups excluding carboxylic acids is 1. The Labute approximate surface area is 154 Å². The Morgan fingerprint density at radius 1 is 1.07 bits per heavy atom. The molecule has 138 valence electrons. The maximum Gasteiger partial charge on any atom is 0.296 e. The fourth-order valence-corrected chi connectivity index (χ4v) is 2.43. The summed E-state index contributed by atoms with van der Waals surface area (Å²) in [6.45, 7) is 0. The summed E-state index contributed by atoms with van der Waals surface area (Å²) < 4.78 is 10.1. The van der Waals surface area contributed by atoms with Gasteiger partial charge in [-0.2, -0.15) is 5.10 Å². The lowest BCUT2D eigenvalue weighted by atomic mass is 10.1. The van der Waals surface area contributed by atoms with Gasteiger partial charge in [0.15, 0.2) is 0 Å². The Bertz CT molecular complexity index is 982. The normalized spacial score (nSPS) is 10.3. The van der Waals surface area contributed by atoms with Crippen molar-refractivity contribution >= 4 is 17.3 Å². The van der Waals surface area contributed by atoms with Crippen LogP contribution in [0.5, 0.6) is 11.5 Å². The highest BCUT2D eigenvalue weighted by molar-refractivity contribution is 6.04. The third-order valence-electron chi connectivity index (χ3n) is 3.86. The van der Waals surface area contributed by atoms with Crippen molar-refractivity contribution in [2.75, 3.05) is 19.5 Å². The van der Waals surface area contributed by atoms with Crippen molar-refractivity contribution in [3.63, 3.8) is 0 Å². The lowest BCUT2D eigenvalue weighted by Gasteiger charge is -2.06. The van der Waals surface area contributed by atoms with E-state index in [0.717, 1.165) is 5.56 Å². The molecule has 0 bridgehead atoms. The SMILES string of the molecule is COc1ccc(-c2cc(C(=O)Nc3ccc(OC)cc3[N+](=O)[O-])[nH]n2)cc1. The molecule has 1 amide bonds. The summed E-state index contributed by atoms with van der Waals surface area (Å²) in [6.07, 6.45) is 0. The monoisotopic (exact) mass is 368 g/mol. The van der Waals surface area contributed by atoms with E-state index in [4.69, 9.17) is 9.47 Å². The average Bonchev–Trinajstić information content (AvgIpc) is 3.18. The van der Waals surface area contributed by atoms with Gasteiger partial charge in [0, 0.05) is 5.56 Å². The molecule has 0 saturated carbocycles. The lowest BCUT2D eigenvalue weighted by Crippen LogP contribution is -2.13. The van der Waals surface area contributed by atoms with Crippen molar-refractivity contribution in [1.29, 1.82) is 0 Å². The van der Waals surface area contributed by atoms with E-state index >= 15 is 0 Å². The molecule has 0 aliphatic rings. The van der Waals surface area contributed by atoms with Gasteiger partial charge in [0.2, 0.25) is 0 Å². The van der Waals surface area contributed by atoms with Crippen LogP contribution in [-0.4, -0.2) is 35.2 Å². The number of nitrogens with one attached hydrogen (secondary N) is 2. The van der Waals surface area contributed by atoms with Gasteiger partial charge in [0.1, 0.15) is 22.9 Å². The number of nitro groups is 1. The Hall–Kier alpha value is -3.88. The summed E-state index contributed by atoms with van der Waals surface area (Å²) in [5.41, 5.74) is 1.32. The van der Waals surface area contributed by atoms with Crippen LogP contribution in [0, 0.1) is 10.1 Å². The van der Waals surface area contributed by atoms with E-state index in [1.165, 1.54) is 25.3 Å². The summed E-state index contributed by atoms with van der Waals surface area (Å²) in [5.74, 6) is 0.484. The van der Waals surface area contributed by atoms with Crippen molar-refractivity contribution < 1.29 is 19.2 Å². The zero-order chi connectivity index (χ0) is 19.4. The molecule has 0 fully saturated rings. The summed E-state index contributed by atoms with van der Waals surface area (Å²) in [7, 11) is 2.98. The molecule has 9 heteroatoms. The van der Waals surface area contributed by atoms with Crippen LogP contribution in [0.15, 0.2) is 48.5 Å². The van der Waals surface area contributed by atoms with Gasteiger partial charge in [0.25, 0.3) is 11.6 Å². The molecule has 9 nitrogen and oxygen atoms in total. The largest absolute Gasteiger partial charge is 0.497 e. The van der Waals surface area contributed by atoms with E-state index in [1.54, 1.807) is 25.3 Å². The van der Waals surface area contributed by atoms with Gasteiger partial charge in [-0.25, -0.2) is 0 Å². The number of methoxy groups -OCH3 is 2. The molecule has 27 heavy (non-hydrogen) atoms. The van der Waals surface area contributed by atoms with Crippen LogP contribution in [0.4, 0.5) is 11.4 Å². The molecule has 0 unspecified atom stereocenters. The number of amides is 1. The number of hydrogen-bond donors (Lipinski definition) is 2. The van der Waals surface area contributed by atoms with Gasteiger partial charge >= 0.3 is 0 Å². The van der Waals surface area contributed by atoms with Crippen LogP contribution >= 0.6 is 0 Å². The molecule has 0 radical (unpaired) electrons. The maximum absolute atomic E-state index is 12.4. The quantitative estimate of drug-likeness (QED) is 0.509. The minimum Gasteiger partial charge on any atom is -0.497 e. The fourth-order valence-electron chi connectivity index (χ4n) is 2.43. The predicted octanol–water partition coefficient (Wildman–Crippen LogP) is 3.25. The van der Waals surface area contributed by atoms with Gasteiger partial charge in [-0.15, -0.1) is 0 Å². The predicted molar refractivity (Wildman–Crippen MR) is 98.2 cm³/mol. The minimum absolute atomic E-state index is 0.0615. The first kappa shape index (κ1) is 17.9. The molecule has 2 aromatic carbocycles. The molecule has 1 heterocycles. The summed E-state index contributed by atoms with van der Waals surface area (Å²) in [4.78, 5) is 23.1. The van der Waals surface area contributed by atoms with Crippen LogP contribution in [-0.2, 0) is 0 Å². The molecule has 0 aliphatic heterocycles. The average molecular weight is 368 g/mol. The van der Waals surface area contributed by atoms with E-state index in [2.05, 4.69) is 15.5 Å².